The first-order chi connectivity index (χ1) is 18.1. The Hall–Kier alpha value is -4.39. The summed E-state index contributed by atoms with van der Waals surface area (Å²) in [5.74, 6) is -1.03. The zero-order chi connectivity index (χ0) is 25.4. The Labute approximate surface area is 214 Å². The van der Waals surface area contributed by atoms with Crippen molar-refractivity contribution in [3.05, 3.63) is 72.8 Å². The third kappa shape index (κ3) is 4.27. The molecule has 2 saturated heterocycles. The minimum atomic E-state index is -0.875. The number of nitrogens with zero attached hydrogens (tertiary/aromatic N) is 2. The summed E-state index contributed by atoms with van der Waals surface area (Å²) >= 11 is 0. The number of piperidine rings is 1. The molecule has 37 heavy (non-hydrogen) atoms. The number of hydrogen-bond donors (Lipinski definition) is 1. The molecule has 2 aliphatic rings. The lowest BCUT2D eigenvalue weighted by Crippen LogP contribution is -2.34. The van der Waals surface area contributed by atoms with Gasteiger partial charge in [0.15, 0.2) is 0 Å². The Bertz CT molecular complexity index is 1520. The van der Waals surface area contributed by atoms with Crippen LogP contribution < -0.4 is 10.2 Å². The maximum absolute atomic E-state index is 12.9. The number of rotatable bonds is 4. The van der Waals surface area contributed by atoms with Gasteiger partial charge in [0.2, 0.25) is 0 Å². The van der Waals surface area contributed by atoms with Gasteiger partial charge in [0.1, 0.15) is 0 Å². The van der Waals surface area contributed by atoms with Gasteiger partial charge in [0.25, 0.3) is 11.8 Å². The van der Waals surface area contributed by atoms with Crippen LogP contribution in [-0.2, 0) is 14.4 Å². The number of hydroxylamine groups is 2. The molecule has 4 aromatic carbocycles. The summed E-state index contributed by atoms with van der Waals surface area (Å²) in [6.07, 6.45) is 2.71. The highest BCUT2D eigenvalue weighted by atomic mass is 16.7. The van der Waals surface area contributed by atoms with Crippen LogP contribution in [0.25, 0.3) is 32.7 Å². The van der Waals surface area contributed by atoms with Crippen molar-refractivity contribution in [1.82, 2.24) is 5.06 Å². The minimum Gasteiger partial charge on any atom is -0.371 e. The van der Waals surface area contributed by atoms with Crippen molar-refractivity contribution in [2.24, 2.45) is 0 Å². The first-order valence-electron chi connectivity index (χ1n) is 12.7. The number of carbonyl (C=O) groups is 3. The summed E-state index contributed by atoms with van der Waals surface area (Å²) < 4.78 is 0. The molecular formula is C30H27N3O4. The molecule has 0 radical (unpaired) electrons. The molecule has 0 aromatic heterocycles. The van der Waals surface area contributed by atoms with Crippen LogP contribution in [-0.4, -0.2) is 36.1 Å². The fourth-order valence-corrected chi connectivity index (χ4v) is 5.44. The van der Waals surface area contributed by atoms with Gasteiger partial charge in [-0.05, 0) is 52.9 Å². The van der Waals surface area contributed by atoms with Gasteiger partial charge in [-0.3, -0.25) is 14.9 Å². The third-order valence-corrected chi connectivity index (χ3v) is 7.20. The first kappa shape index (κ1) is 23.0. The molecule has 7 heteroatoms. The quantitative estimate of drug-likeness (QED) is 0.339. The number of nitrogens with one attached hydrogen (secondary N) is 1. The molecule has 186 valence electrons. The van der Waals surface area contributed by atoms with Crippen LogP contribution >= 0.6 is 0 Å². The summed E-state index contributed by atoms with van der Waals surface area (Å²) in [5.41, 5.74) is 3.60. The Kier molecular flexibility index (Phi) is 5.96. The number of anilines is 2. The largest absolute Gasteiger partial charge is 0.436 e. The van der Waals surface area contributed by atoms with E-state index < -0.39 is 17.9 Å². The highest BCUT2D eigenvalue weighted by Gasteiger charge is 2.33. The van der Waals surface area contributed by atoms with E-state index in [1.807, 2.05) is 42.5 Å². The van der Waals surface area contributed by atoms with Crippen molar-refractivity contribution in [3.8, 4) is 11.1 Å². The maximum Gasteiger partial charge on any atom is 0.436 e. The molecule has 0 saturated carbocycles. The summed E-state index contributed by atoms with van der Waals surface area (Å²) in [4.78, 5) is 44.5. The molecule has 6 rings (SSSR count). The molecule has 2 fully saturated rings. The van der Waals surface area contributed by atoms with E-state index in [0.717, 1.165) is 64.3 Å². The highest BCUT2D eigenvalue weighted by Crippen LogP contribution is 2.45. The van der Waals surface area contributed by atoms with Gasteiger partial charge in [-0.15, -0.1) is 5.06 Å². The molecule has 3 amide bonds. The van der Waals surface area contributed by atoms with Crippen LogP contribution in [0.4, 0.5) is 16.2 Å². The molecule has 7 nitrogen and oxygen atoms in total. The van der Waals surface area contributed by atoms with Crippen molar-refractivity contribution in [2.45, 2.75) is 32.1 Å². The van der Waals surface area contributed by atoms with E-state index in [0.29, 0.717) is 10.8 Å². The summed E-state index contributed by atoms with van der Waals surface area (Å²) in [6, 6.07) is 24.5. The van der Waals surface area contributed by atoms with Crippen molar-refractivity contribution in [3.63, 3.8) is 0 Å². The molecule has 4 aromatic rings. The molecule has 2 aliphatic heterocycles. The number of hydrogen-bond acceptors (Lipinski definition) is 5. The summed E-state index contributed by atoms with van der Waals surface area (Å²) in [5, 5.41) is 7.62. The van der Waals surface area contributed by atoms with Crippen LogP contribution in [0.5, 0.6) is 0 Å². The number of carbonyl (C=O) groups excluding carboxylic acids is 3. The molecule has 1 N–H and O–H groups in total. The average Bonchev–Trinajstić information content (AvgIpc) is 3.25. The van der Waals surface area contributed by atoms with Crippen molar-refractivity contribution in [2.75, 3.05) is 23.3 Å². The Morgan fingerprint density at radius 3 is 1.97 bits per heavy atom. The van der Waals surface area contributed by atoms with E-state index >= 15 is 0 Å². The number of imide groups is 1. The first-order valence-corrected chi connectivity index (χ1v) is 12.7. The van der Waals surface area contributed by atoms with Crippen molar-refractivity contribution >= 4 is 50.8 Å². The van der Waals surface area contributed by atoms with E-state index in [1.165, 1.54) is 6.42 Å². The zero-order valence-corrected chi connectivity index (χ0v) is 20.4. The number of benzene rings is 4. The second-order valence-electron chi connectivity index (χ2n) is 9.52. The van der Waals surface area contributed by atoms with Gasteiger partial charge in [-0.1, -0.05) is 60.7 Å². The van der Waals surface area contributed by atoms with Crippen LogP contribution in [0.2, 0.25) is 0 Å². The third-order valence-electron chi connectivity index (χ3n) is 7.20. The summed E-state index contributed by atoms with van der Waals surface area (Å²) in [6.45, 7) is 1.94. The lowest BCUT2D eigenvalue weighted by molar-refractivity contribution is -0.170. The predicted octanol–water partition coefficient (Wildman–Crippen LogP) is 6.26. The van der Waals surface area contributed by atoms with E-state index in [4.69, 9.17) is 4.84 Å². The highest BCUT2D eigenvalue weighted by molar-refractivity contribution is 6.15. The molecule has 0 atom stereocenters. The number of fused-ring (bicyclic) bond motifs is 2. The van der Waals surface area contributed by atoms with Crippen LogP contribution in [0.3, 0.4) is 0 Å². The monoisotopic (exact) mass is 493 g/mol. The zero-order valence-electron chi connectivity index (χ0n) is 20.4. The molecule has 0 unspecified atom stereocenters. The summed E-state index contributed by atoms with van der Waals surface area (Å²) in [7, 11) is 0. The van der Waals surface area contributed by atoms with Crippen molar-refractivity contribution < 1.29 is 19.2 Å². The maximum atomic E-state index is 12.9. The Balaban J connectivity index is 1.53. The molecular weight excluding hydrogens is 466 g/mol. The SMILES string of the molecule is O=C(Nc1ccc2ccccc2c1-c1c(N2CCCCC2)ccc2ccccc12)ON1C(=O)CCC1=O. The van der Waals surface area contributed by atoms with Gasteiger partial charge in [0.05, 0.1) is 5.69 Å². The normalized spacial score (nSPS) is 16.0. The van der Waals surface area contributed by atoms with Crippen LogP contribution in [0.1, 0.15) is 32.1 Å². The average molecular weight is 494 g/mol. The smallest absolute Gasteiger partial charge is 0.371 e. The number of amides is 3. The molecule has 0 bridgehead atoms. The topological polar surface area (TPSA) is 79.0 Å². The second kappa shape index (κ2) is 9.58. The fraction of sp³-hybridized carbons (Fsp3) is 0.233. The Morgan fingerprint density at radius 2 is 1.30 bits per heavy atom. The minimum absolute atomic E-state index is 0.0442. The lowest BCUT2D eigenvalue weighted by atomic mass is 9.90. The van der Waals surface area contributed by atoms with Crippen LogP contribution in [0.15, 0.2) is 72.8 Å². The van der Waals surface area contributed by atoms with Gasteiger partial charge in [-0.2, -0.15) is 0 Å². The molecule has 0 spiro atoms. The molecule has 2 heterocycles. The Morgan fingerprint density at radius 1 is 0.703 bits per heavy atom. The van der Waals surface area contributed by atoms with Gasteiger partial charge >= 0.3 is 6.09 Å². The lowest BCUT2D eigenvalue weighted by Gasteiger charge is -2.32. The second-order valence-corrected chi connectivity index (χ2v) is 9.52. The van der Waals surface area contributed by atoms with Gasteiger partial charge < -0.3 is 9.74 Å². The van der Waals surface area contributed by atoms with E-state index in [9.17, 15) is 14.4 Å². The van der Waals surface area contributed by atoms with Crippen molar-refractivity contribution in [1.29, 1.82) is 0 Å². The molecule has 0 aliphatic carbocycles. The predicted molar refractivity (Wildman–Crippen MR) is 144 cm³/mol. The van der Waals surface area contributed by atoms with E-state index in [1.54, 1.807) is 0 Å². The van der Waals surface area contributed by atoms with Gasteiger partial charge in [0, 0.05) is 42.7 Å². The fourth-order valence-electron chi connectivity index (χ4n) is 5.44. The van der Waals surface area contributed by atoms with E-state index in [-0.39, 0.29) is 12.8 Å². The van der Waals surface area contributed by atoms with Crippen LogP contribution in [0, 0.1) is 0 Å². The van der Waals surface area contributed by atoms with E-state index in [2.05, 4.69) is 40.5 Å². The van der Waals surface area contributed by atoms with Gasteiger partial charge in [-0.25, -0.2) is 4.79 Å². The standard InChI is InChI=1S/C30H27N3O4/c34-26-16-17-27(35)33(26)37-30(36)31-24-14-12-20-8-2-4-10-22(20)28(24)29-23-11-5-3-9-21(23)13-15-25(29)32-18-6-1-7-19-32/h2-5,8-15H,1,6-7,16-19H2,(H,31,36).